The van der Waals surface area contributed by atoms with Crippen LogP contribution in [0.3, 0.4) is 0 Å². The maximum Gasteiger partial charge on any atom is 0.316 e. The summed E-state index contributed by atoms with van der Waals surface area (Å²) >= 11 is 0. The van der Waals surface area contributed by atoms with Crippen LogP contribution in [0.25, 0.3) is 0 Å². The van der Waals surface area contributed by atoms with Gasteiger partial charge in [0, 0.05) is 0 Å². The first-order valence-corrected chi connectivity index (χ1v) is 2.57. The second-order valence-corrected chi connectivity index (χ2v) is 1.30. The van der Waals surface area contributed by atoms with Gasteiger partial charge in [-0.05, 0) is 6.92 Å². The van der Waals surface area contributed by atoms with Gasteiger partial charge in [-0.25, -0.2) is 0 Å². The van der Waals surface area contributed by atoms with E-state index < -0.39 is 0 Å². The number of carbonyl (C=O) groups is 1. The SMILES string of the molecule is C=CCC(=O)OCC.O.[MgH2]. The van der Waals surface area contributed by atoms with Crippen LogP contribution in [0.5, 0.6) is 0 Å². The van der Waals surface area contributed by atoms with E-state index in [0.717, 1.165) is 0 Å². The summed E-state index contributed by atoms with van der Waals surface area (Å²) in [6.45, 7) is 5.61. The standard InChI is InChI=1S/C6H10O2.Mg.H2O.2H/c1-3-5-6(7)8-4-2;;;;/h3H,1,4-5H2,2H3;;1H2;;. The summed E-state index contributed by atoms with van der Waals surface area (Å²) in [7, 11) is 0. The van der Waals surface area contributed by atoms with Crippen LogP contribution in [0.4, 0.5) is 0 Å². The van der Waals surface area contributed by atoms with Gasteiger partial charge in [-0.15, -0.1) is 6.58 Å². The largest absolute Gasteiger partial charge is 0.466 e. The summed E-state index contributed by atoms with van der Waals surface area (Å²) in [5.41, 5.74) is 0. The van der Waals surface area contributed by atoms with Crippen molar-refractivity contribution in [2.45, 2.75) is 13.3 Å². The highest BCUT2D eigenvalue weighted by Crippen LogP contribution is 1.84. The van der Waals surface area contributed by atoms with Crippen LogP contribution in [0.1, 0.15) is 13.3 Å². The Kier molecular flexibility index (Phi) is 19.3. The quantitative estimate of drug-likeness (QED) is 0.312. The van der Waals surface area contributed by atoms with E-state index in [9.17, 15) is 4.79 Å². The first-order valence-electron chi connectivity index (χ1n) is 2.57. The van der Waals surface area contributed by atoms with Crippen molar-refractivity contribution in [1.29, 1.82) is 0 Å². The zero-order valence-corrected chi connectivity index (χ0v) is 5.52. The molecule has 0 atom stereocenters. The van der Waals surface area contributed by atoms with Crippen LogP contribution in [0.15, 0.2) is 12.7 Å². The van der Waals surface area contributed by atoms with Crippen molar-refractivity contribution in [2.24, 2.45) is 0 Å². The molecule has 0 saturated carbocycles. The molecule has 0 rings (SSSR count). The Morgan fingerprint density at radius 3 is 2.50 bits per heavy atom. The van der Waals surface area contributed by atoms with E-state index in [4.69, 9.17) is 0 Å². The molecule has 0 amide bonds. The lowest BCUT2D eigenvalue weighted by molar-refractivity contribution is -0.142. The van der Waals surface area contributed by atoms with Crippen LogP contribution < -0.4 is 0 Å². The molecule has 0 fully saturated rings. The molecule has 0 aliphatic carbocycles. The number of hydrogen-bond acceptors (Lipinski definition) is 2. The molecule has 58 valence electrons. The monoisotopic (exact) mass is 158 g/mol. The van der Waals surface area contributed by atoms with E-state index in [2.05, 4.69) is 11.3 Å². The van der Waals surface area contributed by atoms with Crippen LogP contribution in [0, 0.1) is 0 Å². The molecule has 0 radical (unpaired) electrons. The van der Waals surface area contributed by atoms with Crippen LogP contribution in [-0.4, -0.2) is 41.1 Å². The minimum Gasteiger partial charge on any atom is -0.466 e. The molecule has 0 aromatic carbocycles. The Morgan fingerprint density at radius 1 is 1.70 bits per heavy atom. The summed E-state index contributed by atoms with van der Waals surface area (Å²) in [6, 6.07) is 0. The Bertz CT molecular complexity index is 93.0. The number of ether oxygens (including phenoxy) is 1. The Hall–Kier alpha value is -0.0638. The molecule has 0 aromatic heterocycles. The third-order valence-electron chi connectivity index (χ3n) is 0.616. The molecule has 4 heteroatoms. The van der Waals surface area contributed by atoms with E-state index in [0.29, 0.717) is 13.0 Å². The van der Waals surface area contributed by atoms with Gasteiger partial charge >= 0.3 is 29.0 Å². The van der Waals surface area contributed by atoms with E-state index in [1.165, 1.54) is 6.08 Å². The topological polar surface area (TPSA) is 57.8 Å². The molecule has 2 N–H and O–H groups in total. The van der Waals surface area contributed by atoms with Crippen LogP contribution in [0.2, 0.25) is 0 Å². The predicted octanol–water partition coefficient (Wildman–Crippen LogP) is -0.615. The van der Waals surface area contributed by atoms with Crippen molar-refractivity contribution in [2.75, 3.05) is 6.61 Å². The lowest BCUT2D eigenvalue weighted by atomic mass is 10.4. The van der Waals surface area contributed by atoms with E-state index in [1.54, 1.807) is 6.92 Å². The summed E-state index contributed by atoms with van der Waals surface area (Å²) in [6.07, 6.45) is 1.84. The second kappa shape index (κ2) is 11.7. The normalized spacial score (nSPS) is 6.50. The van der Waals surface area contributed by atoms with E-state index in [-0.39, 0.29) is 34.5 Å². The first-order chi connectivity index (χ1) is 3.81. The average Bonchev–Trinajstić information content (AvgIpc) is 1.68. The fourth-order valence-electron chi connectivity index (χ4n) is 0.338. The molecule has 0 unspecified atom stereocenters. The minimum absolute atomic E-state index is 0. The second-order valence-electron chi connectivity index (χ2n) is 1.30. The third kappa shape index (κ3) is 10.8. The van der Waals surface area contributed by atoms with Crippen molar-refractivity contribution < 1.29 is 15.0 Å². The first kappa shape index (κ1) is 16.5. The Morgan fingerprint density at radius 2 is 2.20 bits per heavy atom. The molecular formula is C6H14MgO3. The van der Waals surface area contributed by atoms with Gasteiger partial charge in [-0.3, -0.25) is 4.79 Å². The lowest BCUT2D eigenvalue weighted by Gasteiger charge is -1.94. The number of rotatable bonds is 3. The van der Waals surface area contributed by atoms with E-state index in [1.807, 2.05) is 0 Å². The van der Waals surface area contributed by atoms with Crippen molar-refractivity contribution in [3.8, 4) is 0 Å². The molecule has 0 spiro atoms. The zero-order valence-electron chi connectivity index (χ0n) is 5.52. The van der Waals surface area contributed by atoms with Gasteiger partial charge in [0.15, 0.2) is 0 Å². The fourth-order valence-corrected chi connectivity index (χ4v) is 0.338. The molecule has 0 aliphatic rings. The number of esters is 1. The smallest absolute Gasteiger partial charge is 0.316 e. The Balaban J connectivity index is -0.000000245. The highest BCUT2D eigenvalue weighted by Gasteiger charge is 1.93. The highest BCUT2D eigenvalue weighted by molar-refractivity contribution is 5.75. The summed E-state index contributed by atoms with van der Waals surface area (Å²) in [5, 5.41) is 0. The summed E-state index contributed by atoms with van der Waals surface area (Å²) < 4.78 is 4.57. The van der Waals surface area contributed by atoms with Gasteiger partial charge in [-0.1, -0.05) is 6.08 Å². The average molecular weight is 158 g/mol. The third-order valence-corrected chi connectivity index (χ3v) is 0.616. The molecule has 3 nitrogen and oxygen atoms in total. The van der Waals surface area contributed by atoms with Gasteiger partial charge in [0.25, 0.3) is 0 Å². The molecule has 0 bridgehead atoms. The van der Waals surface area contributed by atoms with Gasteiger partial charge in [-0.2, -0.15) is 0 Å². The van der Waals surface area contributed by atoms with Gasteiger partial charge in [0.2, 0.25) is 0 Å². The number of carbonyl (C=O) groups excluding carboxylic acids is 1. The lowest BCUT2D eigenvalue weighted by Crippen LogP contribution is -2.00. The maximum atomic E-state index is 10.3. The van der Waals surface area contributed by atoms with Gasteiger partial charge in [0.1, 0.15) is 0 Å². The van der Waals surface area contributed by atoms with Crippen molar-refractivity contribution >= 4 is 29.0 Å². The molecule has 0 heterocycles. The highest BCUT2D eigenvalue weighted by atomic mass is 24.3. The summed E-state index contributed by atoms with van der Waals surface area (Å²) in [5.74, 6) is -0.206. The molecule has 10 heavy (non-hydrogen) atoms. The number of hydrogen-bond donors (Lipinski definition) is 0. The molecular weight excluding hydrogens is 144 g/mol. The van der Waals surface area contributed by atoms with E-state index >= 15 is 0 Å². The Labute approximate surface area is 76.9 Å². The molecule has 0 saturated heterocycles. The van der Waals surface area contributed by atoms with Gasteiger partial charge in [0.05, 0.1) is 13.0 Å². The van der Waals surface area contributed by atoms with Gasteiger partial charge < -0.3 is 10.2 Å². The molecule has 0 aliphatic heterocycles. The van der Waals surface area contributed by atoms with Crippen molar-refractivity contribution in [1.82, 2.24) is 0 Å². The fraction of sp³-hybridized carbons (Fsp3) is 0.500. The summed E-state index contributed by atoms with van der Waals surface area (Å²) in [4.78, 5) is 10.3. The minimum atomic E-state index is -0.206. The van der Waals surface area contributed by atoms with Crippen molar-refractivity contribution in [3.05, 3.63) is 12.7 Å². The van der Waals surface area contributed by atoms with Crippen LogP contribution >= 0.6 is 0 Å². The predicted molar refractivity (Wildman–Crippen MR) is 43.6 cm³/mol. The maximum absolute atomic E-state index is 10.3. The van der Waals surface area contributed by atoms with Crippen molar-refractivity contribution in [3.63, 3.8) is 0 Å². The zero-order chi connectivity index (χ0) is 6.41. The molecule has 0 aromatic rings. The van der Waals surface area contributed by atoms with Crippen LogP contribution in [-0.2, 0) is 9.53 Å².